The van der Waals surface area contributed by atoms with E-state index in [1.807, 2.05) is 0 Å². The monoisotopic (exact) mass is 248 g/mol. The van der Waals surface area contributed by atoms with Crippen molar-refractivity contribution in [1.29, 1.82) is 0 Å². The summed E-state index contributed by atoms with van der Waals surface area (Å²) >= 11 is 0. The second kappa shape index (κ2) is 6.10. The molecule has 0 fully saturated rings. The fourth-order valence-electron chi connectivity index (χ4n) is 2.11. The first kappa shape index (κ1) is 13.2. The van der Waals surface area contributed by atoms with Gasteiger partial charge in [-0.2, -0.15) is 0 Å². The quantitative estimate of drug-likeness (QED) is 0.786. The molecule has 0 aliphatic carbocycles. The highest BCUT2D eigenvalue weighted by atomic mass is 16.5. The van der Waals surface area contributed by atoms with Gasteiger partial charge in [-0.05, 0) is 50.0 Å². The van der Waals surface area contributed by atoms with Gasteiger partial charge in [-0.15, -0.1) is 0 Å². The van der Waals surface area contributed by atoms with E-state index in [4.69, 9.17) is 4.74 Å². The number of fused-ring (bicyclic) bond motifs is 1. The maximum atomic E-state index is 5.77. The predicted molar refractivity (Wildman–Crippen MR) is 76.4 cm³/mol. The van der Waals surface area contributed by atoms with Crippen LogP contribution in [0.2, 0.25) is 0 Å². The topological polar surface area (TPSA) is 33.3 Å². The molecule has 0 aromatic heterocycles. The van der Waals surface area contributed by atoms with Crippen molar-refractivity contribution in [3.05, 3.63) is 23.8 Å². The average molecular weight is 248 g/mol. The lowest BCUT2D eigenvalue weighted by Gasteiger charge is -2.25. The Bertz CT molecular complexity index is 390. The minimum absolute atomic E-state index is 0.260. The third kappa shape index (κ3) is 3.64. The number of nitrogens with one attached hydrogen (secondary N) is 2. The molecule has 1 atom stereocenters. The van der Waals surface area contributed by atoms with E-state index in [1.54, 1.807) is 0 Å². The van der Waals surface area contributed by atoms with Gasteiger partial charge in [0.25, 0.3) is 0 Å². The van der Waals surface area contributed by atoms with Gasteiger partial charge in [-0.3, -0.25) is 0 Å². The van der Waals surface area contributed by atoms with Crippen LogP contribution in [0.25, 0.3) is 0 Å². The Morgan fingerprint density at radius 2 is 2.28 bits per heavy atom. The number of benzene rings is 1. The van der Waals surface area contributed by atoms with Crippen LogP contribution in [0.15, 0.2) is 18.2 Å². The first-order valence-electron chi connectivity index (χ1n) is 6.89. The van der Waals surface area contributed by atoms with Crippen LogP contribution in [0.3, 0.4) is 0 Å². The zero-order chi connectivity index (χ0) is 13.0. The smallest absolute Gasteiger partial charge is 0.142 e. The number of anilines is 1. The molecule has 0 saturated carbocycles. The molecule has 3 heteroatoms. The van der Waals surface area contributed by atoms with E-state index in [0.717, 1.165) is 37.5 Å². The Morgan fingerprint density at radius 1 is 1.44 bits per heavy atom. The van der Waals surface area contributed by atoms with Crippen molar-refractivity contribution in [2.75, 3.05) is 25.0 Å². The van der Waals surface area contributed by atoms with E-state index in [2.05, 4.69) is 49.6 Å². The number of rotatable bonds is 5. The standard InChI is InChI=1S/C15H24N2O/c1-11(2)9-16-7-6-13-4-5-15-14(8-13)17-10-12(3)18-15/h4-5,8,11-12,16-17H,6-7,9-10H2,1-3H3. The van der Waals surface area contributed by atoms with Gasteiger partial charge in [0.15, 0.2) is 0 Å². The Hall–Kier alpha value is -1.22. The summed E-state index contributed by atoms with van der Waals surface area (Å²) in [6, 6.07) is 6.45. The van der Waals surface area contributed by atoms with E-state index in [0.29, 0.717) is 5.92 Å². The summed E-state index contributed by atoms with van der Waals surface area (Å²) in [6.07, 6.45) is 1.33. The second-order valence-corrected chi connectivity index (χ2v) is 5.49. The molecule has 1 heterocycles. The highest BCUT2D eigenvalue weighted by Crippen LogP contribution is 2.29. The molecule has 18 heavy (non-hydrogen) atoms. The van der Waals surface area contributed by atoms with Crippen molar-refractivity contribution in [3.63, 3.8) is 0 Å². The Balaban J connectivity index is 1.87. The molecule has 0 radical (unpaired) electrons. The zero-order valence-electron chi connectivity index (χ0n) is 11.6. The molecule has 1 aromatic carbocycles. The fourth-order valence-corrected chi connectivity index (χ4v) is 2.11. The summed E-state index contributed by atoms with van der Waals surface area (Å²) in [4.78, 5) is 0. The van der Waals surface area contributed by atoms with Gasteiger partial charge in [0, 0.05) is 0 Å². The van der Waals surface area contributed by atoms with E-state index < -0.39 is 0 Å². The Kier molecular flexibility index (Phi) is 4.48. The van der Waals surface area contributed by atoms with Gasteiger partial charge in [-0.25, -0.2) is 0 Å². The van der Waals surface area contributed by atoms with Crippen molar-refractivity contribution in [2.45, 2.75) is 33.3 Å². The molecule has 0 spiro atoms. The van der Waals surface area contributed by atoms with E-state index >= 15 is 0 Å². The summed E-state index contributed by atoms with van der Waals surface area (Å²) in [5.74, 6) is 1.69. The maximum Gasteiger partial charge on any atom is 0.142 e. The van der Waals surface area contributed by atoms with Crippen molar-refractivity contribution in [3.8, 4) is 5.75 Å². The van der Waals surface area contributed by atoms with Gasteiger partial charge in [0.2, 0.25) is 0 Å². The van der Waals surface area contributed by atoms with Crippen LogP contribution in [0.4, 0.5) is 5.69 Å². The Morgan fingerprint density at radius 3 is 3.06 bits per heavy atom. The van der Waals surface area contributed by atoms with E-state index in [9.17, 15) is 0 Å². The SMILES string of the molecule is CC(C)CNCCc1ccc2c(c1)NCC(C)O2. The first-order chi connectivity index (χ1) is 8.65. The molecule has 1 aromatic rings. The minimum Gasteiger partial charge on any atom is -0.487 e. The lowest BCUT2D eigenvalue weighted by atomic mass is 10.1. The fraction of sp³-hybridized carbons (Fsp3) is 0.600. The maximum absolute atomic E-state index is 5.77. The molecule has 0 bridgehead atoms. The molecule has 1 unspecified atom stereocenters. The number of hydrogen-bond donors (Lipinski definition) is 2. The highest BCUT2D eigenvalue weighted by molar-refractivity contribution is 5.59. The van der Waals surface area contributed by atoms with E-state index in [1.165, 1.54) is 5.56 Å². The van der Waals surface area contributed by atoms with Crippen molar-refractivity contribution in [1.82, 2.24) is 5.32 Å². The molecule has 3 nitrogen and oxygen atoms in total. The normalized spacial score (nSPS) is 18.1. The van der Waals surface area contributed by atoms with Gasteiger partial charge in [0.1, 0.15) is 11.9 Å². The highest BCUT2D eigenvalue weighted by Gasteiger charge is 2.15. The lowest BCUT2D eigenvalue weighted by Crippen LogP contribution is -2.27. The molecule has 0 amide bonds. The van der Waals surface area contributed by atoms with Crippen LogP contribution in [0.1, 0.15) is 26.3 Å². The van der Waals surface area contributed by atoms with Gasteiger partial charge in [0.05, 0.1) is 12.2 Å². The van der Waals surface area contributed by atoms with Crippen molar-refractivity contribution < 1.29 is 4.74 Å². The third-order valence-corrected chi connectivity index (χ3v) is 3.10. The molecule has 2 N–H and O–H groups in total. The summed E-state index contributed by atoms with van der Waals surface area (Å²) in [5, 5.41) is 6.88. The summed E-state index contributed by atoms with van der Waals surface area (Å²) in [6.45, 7) is 9.56. The summed E-state index contributed by atoms with van der Waals surface area (Å²) < 4.78 is 5.77. The van der Waals surface area contributed by atoms with Crippen LogP contribution in [-0.4, -0.2) is 25.7 Å². The van der Waals surface area contributed by atoms with Crippen molar-refractivity contribution >= 4 is 5.69 Å². The first-order valence-corrected chi connectivity index (χ1v) is 6.89. The second-order valence-electron chi connectivity index (χ2n) is 5.49. The molecular weight excluding hydrogens is 224 g/mol. The van der Waals surface area contributed by atoms with E-state index in [-0.39, 0.29) is 6.10 Å². The molecule has 2 rings (SSSR count). The van der Waals surface area contributed by atoms with Crippen molar-refractivity contribution in [2.24, 2.45) is 5.92 Å². The molecule has 1 aliphatic rings. The van der Waals surface area contributed by atoms with Gasteiger partial charge >= 0.3 is 0 Å². The largest absolute Gasteiger partial charge is 0.487 e. The summed E-state index contributed by atoms with van der Waals surface area (Å²) in [5.41, 5.74) is 2.49. The van der Waals surface area contributed by atoms with Crippen LogP contribution >= 0.6 is 0 Å². The van der Waals surface area contributed by atoms with Gasteiger partial charge < -0.3 is 15.4 Å². The number of hydrogen-bond acceptors (Lipinski definition) is 3. The molecular formula is C15H24N2O. The Labute approximate surface area is 110 Å². The van der Waals surface area contributed by atoms with Crippen LogP contribution in [-0.2, 0) is 6.42 Å². The molecule has 0 saturated heterocycles. The van der Waals surface area contributed by atoms with Gasteiger partial charge in [-0.1, -0.05) is 19.9 Å². The van der Waals surface area contributed by atoms with Crippen LogP contribution in [0.5, 0.6) is 5.75 Å². The predicted octanol–water partition coefficient (Wildman–Crippen LogP) is 2.67. The third-order valence-electron chi connectivity index (χ3n) is 3.10. The zero-order valence-corrected chi connectivity index (χ0v) is 11.6. The molecule has 1 aliphatic heterocycles. The average Bonchev–Trinajstić information content (AvgIpc) is 2.34. The summed E-state index contributed by atoms with van der Waals surface area (Å²) in [7, 11) is 0. The van der Waals surface area contributed by atoms with Crippen LogP contribution in [0, 0.1) is 5.92 Å². The number of ether oxygens (including phenoxy) is 1. The molecule has 100 valence electrons. The van der Waals surface area contributed by atoms with Crippen LogP contribution < -0.4 is 15.4 Å². The minimum atomic E-state index is 0.260. The lowest BCUT2D eigenvalue weighted by molar-refractivity contribution is 0.226.